The Kier molecular flexibility index (Phi) is 15.1. The maximum Gasteiger partial charge on any atom is 0.305 e. The first-order valence-electron chi connectivity index (χ1n) is 5.93. The lowest BCUT2D eigenvalue weighted by Gasteiger charge is -1.96. The van der Waals surface area contributed by atoms with Gasteiger partial charge in [-0.25, -0.2) is 0 Å². The highest BCUT2D eigenvalue weighted by atomic mass is 16.5. The molecule has 0 bridgehead atoms. The minimum Gasteiger partial charge on any atom is -0.466 e. The molecule has 0 N–H and O–H groups in total. The van der Waals surface area contributed by atoms with Gasteiger partial charge in [-0.2, -0.15) is 0 Å². The largest absolute Gasteiger partial charge is 0.466 e. The topological polar surface area (TPSA) is 52.6 Å². The summed E-state index contributed by atoms with van der Waals surface area (Å²) in [7, 11) is 0. The second-order valence-corrected chi connectivity index (χ2v) is 3.11. The summed E-state index contributed by atoms with van der Waals surface area (Å²) >= 11 is 0. The van der Waals surface area contributed by atoms with Crippen LogP contribution in [-0.2, 0) is 19.1 Å². The molecule has 16 heavy (non-hydrogen) atoms. The molecule has 0 fully saturated rings. The van der Waals surface area contributed by atoms with E-state index in [1.54, 1.807) is 0 Å². The van der Waals surface area contributed by atoms with Crippen LogP contribution in [0.5, 0.6) is 0 Å². The SMILES string of the molecule is CCCC(=O)OCC.CCCC(=O)OCC. The van der Waals surface area contributed by atoms with E-state index in [0.717, 1.165) is 12.8 Å². The molecule has 0 aliphatic carbocycles. The van der Waals surface area contributed by atoms with E-state index in [0.29, 0.717) is 26.1 Å². The van der Waals surface area contributed by atoms with Gasteiger partial charge in [0.15, 0.2) is 0 Å². The zero-order chi connectivity index (χ0) is 12.8. The van der Waals surface area contributed by atoms with Gasteiger partial charge in [0.05, 0.1) is 13.2 Å². The van der Waals surface area contributed by atoms with Gasteiger partial charge in [0.25, 0.3) is 0 Å². The highest BCUT2D eigenvalue weighted by Gasteiger charge is 1.95. The van der Waals surface area contributed by atoms with Gasteiger partial charge in [0.2, 0.25) is 0 Å². The summed E-state index contributed by atoms with van der Waals surface area (Å²) < 4.78 is 9.29. The highest BCUT2D eigenvalue weighted by Crippen LogP contribution is 1.89. The Balaban J connectivity index is 0. The fraction of sp³-hybridized carbons (Fsp3) is 0.833. The second-order valence-electron chi connectivity index (χ2n) is 3.11. The molecule has 96 valence electrons. The number of esters is 2. The smallest absolute Gasteiger partial charge is 0.305 e. The molecule has 0 heterocycles. The Labute approximate surface area is 98.3 Å². The fourth-order valence-corrected chi connectivity index (χ4v) is 0.875. The van der Waals surface area contributed by atoms with Crippen LogP contribution < -0.4 is 0 Å². The fourth-order valence-electron chi connectivity index (χ4n) is 0.875. The second kappa shape index (κ2) is 13.9. The van der Waals surface area contributed by atoms with Crippen LogP contribution in [0.1, 0.15) is 53.4 Å². The first kappa shape index (κ1) is 17.3. The van der Waals surface area contributed by atoms with E-state index in [9.17, 15) is 9.59 Å². The summed E-state index contributed by atoms with van der Waals surface area (Å²) in [5.74, 6) is -0.176. The quantitative estimate of drug-likeness (QED) is 0.661. The number of rotatable bonds is 6. The van der Waals surface area contributed by atoms with Crippen molar-refractivity contribution in [3.05, 3.63) is 0 Å². The minimum atomic E-state index is -0.0880. The van der Waals surface area contributed by atoms with Crippen molar-refractivity contribution in [2.75, 3.05) is 13.2 Å². The lowest BCUT2D eigenvalue weighted by molar-refractivity contribution is -0.144. The first-order valence-corrected chi connectivity index (χ1v) is 5.93. The van der Waals surface area contributed by atoms with Gasteiger partial charge < -0.3 is 9.47 Å². The normalized spacial score (nSPS) is 8.75. The van der Waals surface area contributed by atoms with Crippen molar-refractivity contribution in [1.29, 1.82) is 0 Å². The molecule has 0 rings (SSSR count). The molecule has 0 saturated heterocycles. The molecule has 0 atom stereocenters. The van der Waals surface area contributed by atoms with Crippen molar-refractivity contribution < 1.29 is 19.1 Å². The standard InChI is InChI=1S/2C6H12O2/c2*1-3-5-6(7)8-4-2/h2*3-5H2,1-2H3. The van der Waals surface area contributed by atoms with Crippen LogP contribution in [-0.4, -0.2) is 25.2 Å². The van der Waals surface area contributed by atoms with Crippen molar-refractivity contribution >= 4 is 11.9 Å². The van der Waals surface area contributed by atoms with Gasteiger partial charge in [0, 0.05) is 12.8 Å². The van der Waals surface area contributed by atoms with Crippen molar-refractivity contribution in [3.63, 3.8) is 0 Å². The summed E-state index contributed by atoms with van der Waals surface area (Å²) in [4.78, 5) is 20.8. The minimum absolute atomic E-state index is 0.0880. The van der Waals surface area contributed by atoms with E-state index in [-0.39, 0.29) is 11.9 Å². The average molecular weight is 232 g/mol. The Hall–Kier alpha value is -1.06. The third-order valence-corrected chi connectivity index (χ3v) is 1.52. The van der Waals surface area contributed by atoms with Gasteiger partial charge in [-0.3, -0.25) is 9.59 Å². The lowest BCUT2D eigenvalue weighted by atomic mass is 10.3. The average Bonchev–Trinajstić information content (AvgIpc) is 2.20. The number of hydrogen-bond acceptors (Lipinski definition) is 4. The molecule has 0 aliphatic heterocycles. The summed E-state index contributed by atoms with van der Waals surface area (Å²) in [6.45, 7) is 8.53. The summed E-state index contributed by atoms with van der Waals surface area (Å²) in [5.41, 5.74) is 0. The van der Waals surface area contributed by atoms with E-state index < -0.39 is 0 Å². The molecule has 4 heteroatoms. The van der Waals surface area contributed by atoms with Gasteiger partial charge in [0.1, 0.15) is 0 Å². The maximum absolute atomic E-state index is 10.4. The molecule has 0 aromatic rings. The Morgan fingerprint density at radius 1 is 0.750 bits per heavy atom. The number of hydrogen-bond donors (Lipinski definition) is 0. The van der Waals surface area contributed by atoms with Crippen molar-refractivity contribution in [2.45, 2.75) is 53.4 Å². The Bertz CT molecular complexity index is 142. The van der Waals surface area contributed by atoms with E-state index in [1.165, 1.54) is 0 Å². The van der Waals surface area contributed by atoms with Crippen LogP contribution in [0.4, 0.5) is 0 Å². The molecule has 0 aromatic carbocycles. The molecule has 0 aromatic heterocycles. The van der Waals surface area contributed by atoms with Crippen molar-refractivity contribution in [2.24, 2.45) is 0 Å². The van der Waals surface area contributed by atoms with Gasteiger partial charge in [-0.05, 0) is 26.7 Å². The molecule has 0 spiro atoms. The molecule has 0 saturated carbocycles. The summed E-state index contributed by atoms with van der Waals surface area (Å²) in [6.07, 6.45) is 2.85. The first-order chi connectivity index (χ1) is 7.62. The molecular weight excluding hydrogens is 208 g/mol. The van der Waals surface area contributed by atoms with Crippen LogP contribution in [0.2, 0.25) is 0 Å². The van der Waals surface area contributed by atoms with Crippen LogP contribution in [0.3, 0.4) is 0 Å². The third-order valence-electron chi connectivity index (χ3n) is 1.52. The van der Waals surface area contributed by atoms with Crippen LogP contribution in [0.15, 0.2) is 0 Å². The van der Waals surface area contributed by atoms with Crippen LogP contribution >= 0.6 is 0 Å². The molecule has 0 amide bonds. The Morgan fingerprint density at radius 2 is 1.06 bits per heavy atom. The number of carbonyl (C=O) groups excluding carboxylic acids is 2. The predicted octanol–water partition coefficient (Wildman–Crippen LogP) is 2.70. The number of ether oxygens (including phenoxy) is 2. The monoisotopic (exact) mass is 232 g/mol. The number of carbonyl (C=O) groups is 2. The van der Waals surface area contributed by atoms with Crippen molar-refractivity contribution in [1.82, 2.24) is 0 Å². The molecule has 0 aliphatic rings. The van der Waals surface area contributed by atoms with Gasteiger partial charge in [-0.1, -0.05) is 13.8 Å². The molecule has 0 unspecified atom stereocenters. The van der Waals surface area contributed by atoms with Crippen LogP contribution in [0.25, 0.3) is 0 Å². The predicted molar refractivity (Wildman–Crippen MR) is 63.1 cm³/mol. The van der Waals surface area contributed by atoms with E-state index in [2.05, 4.69) is 9.47 Å². The van der Waals surface area contributed by atoms with E-state index >= 15 is 0 Å². The zero-order valence-electron chi connectivity index (χ0n) is 10.9. The third kappa shape index (κ3) is 15.4. The highest BCUT2D eigenvalue weighted by molar-refractivity contribution is 5.69. The lowest BCUT2D eigenvalue weighted by Crippen LogP contribution is -2.01. The van der Waals surface area contributed by atoms with Gasteiger partial charge in [-0.15, -0.1) is 0 Å². The molecule has 4 nitrogen and oxygen atoms in total. The summed E-state index contributed by atoms with van der Waals surface area (Å²) in [5, 5.41) is 0. The zero-order valence-corrected chi connectivity index (χ0v) is 10.9. The molecular formula is C12H24O4. The maximum atomic E-state index is 10.4. The van der Waals surface area contributed by atoms with Crippen molar-refractivity contribution in [3.8, 4) is 0 Å². The summed E-state index contributed by atoms with van der Waals surface area (Å²) in [6, 6.07) is 0. The van der Waals surface area contributed by atoms with Gasteiger partial charge >= 0.3 is 11.9 Å². The van der Waals surface area contributed by atoms with Crippen LogP contribution in [0, 0.1) is 0 Å². The van der Waals surface area contributed by atoms with E-state index in [1.807, 2.05) is 27.7 Å². The molecule has 0 radical (unpaired) electrons. The Morgan fingerprint density at radius 3 is 1.25 bits per heavy atom. The van der Waals surface area contributed by atoms with E-state index in [4.69, 9.17) is 0 Å².